The Balaban J connectivity index is 2.18. The van der Waals surface area contributed by atoms with E-state index >= 15 is 0 Å². The van der Waals surface area contributed by atoms with Crippen molar-refractivity contribution >= 4 is 0 Å². The molecule has 0 bridgehead atoms. The fourth-order valence-corrected chi connectivity index (χ4v) is 2.56. The summed E-state index contributed by atoms with van der Waals surface area (Å²) in [6.07, 6.45) is 9.03. The number of hydrogen-bond donors (Lipinski definition) is 1. The maximum atomic E-state index is 3.47. The Morgan fingerprint density at radius 2 is 1.52 bits per heavy atom. The van der Waals surface area contributed by atoms with Crippen molar-refractivity contribution in [1.29, 1.82) is 0 Å². The molecule has 0 radical (unpaired) electrons. The van der Waals surface area contributed by atoms with Gasteiger partial charge in [0.1, 0.15) is 0 Å². The van der Waals surface area contributed by atoms with Crippen molar-refractivity contribution in [3.63, 3.8) is 0 Å². The minimum atomic E-state index is 0.310. The van der Waals surface area contributed by atoms with Crippen LogP contribution in [0.4, 0.5) is 0 Å². The summed E-state index contributed by atoms with van der Waals surface area (Å²) in [5.74, 6) is 0. The first-order chi connectivity index (χ1) is 10.1. The minimum absolute atomic E-state index is 0.310. The molecule has 1 aromatic rings. The Bertz CT molecular complexity index is 364. The highest BCUT2D eigenvalue weighted by molar-refractivity contribution is 5.28. The first-order valence-corrected chi connectivity index (χ1v) is 8.90. The van der Waals surface area contributed by atoms with E-state index in [9.17, 15) is 0 Å². The van der Waals surface area contributed by atoms with Gasteiger partial charge in [0.15, 0.2) is 0 Å². The number of nitrogens with one attached hydrogen (secondary N) is 1. The average molecular weight is 290 g/mol. The van der Waals surface area contributed by atoms with Crippen molar-refractivity contribution < 1.29 is 0 Å². The fourth-order valence-electron chi connectivity index (χ4n) is 2.56. The lowest BCUT2D eigenvalue weighted by Crippen LogP contribution is -2.15. The quantitative estimate of drug-likeness (QED) is 0.532. The number of hydrogen-bond acceptors (Lipinski definition) is 1. The molecule has 0 atom stereocenters. The molecule has 0 fully saturated rings. The van der Waals surface area contributed by atoms with Gasteiger partial charge in [0, 0.05) is 0 Å². The molecule has 0 aliphatic carbocycles. The second-order valence-corrected chi connectivity index (χ2v) is 6.85. The molecule has 1 N–H and O–H groups in total. The Kier molecular flexibility index (Phi) is 8.68. The van der Waals surface area contributed by atoms with E-state index in [4.69, 9.17) is 0 Å². The summed E-state index contributed by atoms with van der Waals surface area (Å²) in [7, 11) is 0. The molecular formula is C20H35N. The first-order valence-electron chi connectivity index (χ1n) is 8.90. The van der Waals surface area contributed by atoms with Gasteiger partial charge in [0.05, 0.1) is 0 Å². The van der Waals surface area contributed by atoms with Gasteiger partial charge in [-0.05, 0) is 61.7 Å². The third kappa shape index (κ3) is 7.13. The number of unbranched alkanes of at least 4 members (excludes halogenated alkanes) is 3. The summed E-state index contributed by atoms with van der Waals surface area (Å²) >= 11 is 0. The molecule has 1 heteroatoms. The van der Waals surface area contributed by atoms with Gasteiger partial charge in [-0.25, -0.2) is 0 Å². The molecule has 120 valence electrons. The number of rotatable bonds is 11. The summed E-state index contributed by atoms with van der Waals surface area (Å²) in [6, 6.07) is 9.31. The molecule has 0 spiro atoms. The molecule has 0 saturated carbocycles. The zero-order valence-electron chi connectivity index (χ0n) is 14.7. The summed E-state index contributed by atoms with van der Waals surface area (Å²) in [5, 5.41) is 3.47. The van der Waals surface area contributed by atoms with Crippen LogP contribution in [0.2, 0.25) is 0 Å². The van der Waals surface area contributed by atoms with Crippen molar-refractivity contribution in [2.75, 3.05) is 13.1 Å². The zero-order valence-corrected chi connectivity index (χ0v) is 14.7. The molecule has 0 aliphatic rings. The second-order valence-electron chi connectivity index (χ2n) is 6.85. The van der Waals surface area contributed by atoms with Crippen LogP contribution in [-0.2, 0) is 11.8 Å². The van der Waals surface area contributed by atoms with E-state index in [0.29, 0.717) is 5.41 Å². The molecule has 0 heterocycles. The van der Waals surface area contributed by atoms with E-state index in [-0.39, 0.29) is 0 Å². The van der Waals surface area contributed by atoms with Crippen LogP contribution in [0, 0.1) is 0 Å². The Hall–Kier alpha value is -0.820. The molecule has 1 rings (SSSR count). The van der Waals surface area contributed by atoms with Crippen LogP contribution in [0.5, 0.6) is 0 Å². The third-order valence-electron chi connectivity index (χ3n) is 4.62. The van der Waals surface area contributed by atoms with Crippen LogP contribution < -0.4 is 5.32 Å². The van der Waals surface area contributed by atoms with Crippen molar-refractivity contribution in [2.45, 2.75) is 78.1 Å². The van der Waals surface area contributed by atoms with Crippen LogP contribution >= 0.6 is 0 Å². The highest BCUT2D eigenvalue weighted by atomic mass is 14.8. The summed E-state index contributed by atoms with van der Waals surface area (Å²) in [6.45, 7) is 11.5. The molecular weight excluding hydrogens is 254 g/mol. The highest BCUT2D eigenvalue weighted by Crippen LogP contribution is 2.26. The Morgan fingerprint density at radius 3 is 2.14 bits per heavy atom. The van der Waals surface area contributed by atoms with Gasteiger partial charge in [-0.3, -0.25) is 0 Å². The maximum absolute atomic E-state index is 3.47. The predicted molar refractivity (Wildman–Crippen MR) is 95.1 cm³/mol. The van der Waals surface area contributed by atoms with Crippen molar-refractivity contribution in [1.82, 2.24) is 5.32 Å². The van der Waals surface area contributed by atoms with E-state index in [1.807, 2.05) is 0 Å². The van der Waals surface area contributed by atoms with Gasteiger partial charge in [-0.1, -0.05) is 64.8 Å². The molecule has 0 saturated heterocycles. The van der Waals surface area contributed by atoms with Crippen molar-refractivity contribution in [2.24, 2.45) is 0 Å². The standard InChI is InChI=1S/C20H35N/c1-5-16-21-17-10-8-7-9-11-18-12-14-19(15-13-18)20(3,4)6-2/h12-15,21H,5-11,16-17H2,1-4H3. The zero-order chi connectivity index (χ0) is 15.6. The van der Waals surface area contributed by atoms with Gasteiger partial charge in [0.2, 0.25) is 0 Å². The highest BCUT2D eigenvalue weighted by Gasteiger charge is 2.17. The SMILES string of the molecule is CCCNCCCCCCc1ccc(C(C)(C)CC)cc1. The van der Waals surface area contributed by atoms with Gasteiger partial charge in [-0.2, -0.15) is 0 Å². The topological polar surface area (TPSA) is 12.0 Å². The minimum Gasteiger partial charge on any atom is -0.317 e. The smallest absolute Gasteiger partial charge is 0.00489 e. The maximum Gasteiger partial charge on any atom is -0.00489 e. The first kappa shape index (κ1) is 18.2. The van der Waals surface area contributed by atoms with Crippen molar-refractivity contribution in [3.8, 4) is 0 Å². The summed E-state index contributed by atoms with van der Waals surface area (Å²) in [5.41, 5.74) is 3.27. The Labute approximate surface area is 132 Å². The van der Waals surface area contributed by atoms with E-state index in [2.05, 4.69) is 57.3 Å². The van der Waals surface area contributed by atoms with Crippen LogP contribution in [0.15, 0.2) is 24.3 Å². The summed E-state index contributed by atoms with van der Waals surface area (Å²) in [4.78, 5) is 0. The summed E-state index contributed by atoms with van der Waals surface area (Å²) < 4.78 is 0. The molecule has 1 aromatic carbocycles. The predicted octanol–water partition coefficient (Wildman–Crippen LogP) is 5.48. The van der Waals surface area contributed by atoms with Crippen LogP contribution in [0.1, 0.15) is 77.3 Å². The van der Waals surface area contributed by atoms with Crippen LogP contribution in [-0.4, -0.2) is 13.1 Å². The van der Waals surface area contributed by atoms with Crippen LogP contribution in [0.25, 0.3) is 0 Å². The Morgan fingerprint density at radius 1 is 0.857 bits per heavy atom. The lowest BCUT2D eigenvalue weighted by molar-refractivity contribution is 0.506. The largest absolute Gasteiger partial charge is 0.317 e. The lowest BCUT2D eigenvalue weighted by Gasteiger charge is -2.23. The van der Waals surface area contributed by atoms with E-state index < -0.39 is 0 Å². The second kappa shape index (κ2) is 10.00. The van der Waals surface area contributed by atoms with Crippen LogP contribution in [0.3, 0.4) is 0 Å². The molecule has 0 unspecified atom stereocenters. The van der Waals surface area contributed by atoms with E-state index in [0.717, 1.165) is 0 Å². The molecule has 0 amide bonds. The number of benzene rings is 1. The fraction of sp³-hybridized carbons (Fsp3) is 0.700. The van der Waals surface area contributed by atoms with Gasteiger partial charge >= 0.3 is 0 Å². The molecule has 0 aromatic heterocycles. The average Bonchev–Trinajstić information content (AvgIpc) is 2.50. The van der Waals surface area contributed by atoms with Gasteiger partial charge in [0.25, 0.3) is 0 Å². The number of aryl methyl sites for hydroxylation is 1. The molecule has 21 heavy (non-hydrogen) atoms. The normalized spacial score (nSPS) is 11.8. The van der Waals surface area contributed by atoms with Gasteiger partial charge < -0.3 is 5.32 Å². The lowest BCUT2D eigenvalue weighted by atomic mass is 9.82. The van der Waals surface area contributed by atoms with Gasteiger partial charge in [-0.15, -0.1) is 0 Å². The molecule has 1 nitrogen and oxygen atoms in total. The van der Waals surface area contributed by atoms with Crippen molar-refractivity contribution in [3.05, 3.63) is 35.4 Å². The third-order valence-corrected chi connectivity index (χ3v) is 4.62. The molecule has 0 aliphatic heterocycles. The van der Waals surface area contributed by atoms with E-state index in [1.54, 1.807) is 0 Å². The monoisotopic (exact) mass is 289 g/mol. The van der Waals surface area contributed by atoms with E-state index in [1.165, 1.54) is 69.2 Å².